The first kappa shape index (κ1) is 16.8. The zero-order chi connectivity index (χ0) is 16.3. The van der Waals surface area contributed by atoms with Crippen LogP contribution in [0.15, 0.2) is 45.6 Å². The first-order valence-corrected chi connectivity index (χ1v) is 10.6. The fourth-order valence-corrected chi connectivity index (χ4v) is 5.66. The first-order valence-electron chi connectivity index (χ1n) is 7.44. The van der Waals surface area contributed by atoms with Crippen LogP contribution in [0.4, 0.5) is 5.13 Å². The van der Waals surface area contributed by atoms with Crippen molar-refractivity contribution in [2.75, 3.05) is 11.9 Å². The molecule has 8 heteroatoms. The van der Waals surface area contributed by atoms with Crippen molar-refractivity contribution in [3.05, 3.63) is 36.5 Å². The SMILES string of the molecule is NS(=O)(=O)c1cnc(NCC2(Sc3ccccc3)CCCC2)s1. The number of benzene rings is 1. The van der Waals surface area contributed by atoms with Gasteiger partial charge in [-0.2, -0.15) is 0 Å². The van der Waals surface area contributed by atoms with E-state index in [1.165, 1.54) is 23.9 Å². The average molecular weight is 370 g/mol. The topological polar surface area (TPSA) is 85.1 Å². The Labute approximate surface area is 144 Å². The quantitative estimate of drug-likeness (QED) is 0.816. The number of nitrogens with zero attached hydrogens (tertiary/aromatic N) is 1. The Hall–Kier alpha value is -1.09. The molecule has 1 heterocycles. The molecule has 5 nitrogen and oxygen atoms in total. The standard InChI is InChI=1S/C15H19N3O2S3/c16-23(19,20)13-10-17-14(21-13)18-11-15(8-4-5-9-15)22-12-6-2-1-3-7-12/h1-3,6-7,10H,4-5,8-9,11H2,(H,17,18)(H2,16,19,20). The van der Waals surface area contributed by atoms with E-state index in [1.807, 2.05) is 17.8 Å². The molecule has 0 radical (unpaired) electrons. The predicted octanol–water partition coefficient (Wildman–Crippen LogP) is 3.31. The summed E-state index contributed by atoms with van der Waals surface area (Å²) in [4.78, 5) is 5.39. The zero-order valence-electron chi connectivity index (χ0n) is 12.6. The Morgan fingerprint density at radius 3 is 2.57 bits per heavy atom. The third-order valence-electron chi connectivity index (χ3n) is 3.92. The van der Waals surface area contributed by atoms with Crippen LogP contribution in [0.1, 0.15) is 25.7 Å². The van der Waals surface area contributed by atoms with Crippen molar-refractivity contribution >= 4 is 38.3 Å². The molecule has 0 bridgehead atoms. The Morgan fingerprint density at radius 1 is 1.26 bits per heavy atom. The molecule has 23 heavy (non-hydrogen) atoms. The summed E-state index contributed by atoms with van der Waals surface area (Å²) in [6, 6.07) is 10.4. The fourth-order valence-electron chi connectivity index (χ4n) is 2.78. The van der Waals surface area contributed by atoms with Crippen LogP contribution in [-0.2, 0) is 10.0 Å². The van der Waals surface area contributed by atoms with Crippen molar-refractivity contribution in [2.45, 2.75) is 39.5 Å². The lowest BCUT2D eigenvalue weighted by atomic mass is 10.1. The molecule has 1 aromatic heterocycles. The molecular weight excluding hydrogens is 350 g/mol. The van der Waals surface area contributed by atoms with Gasteiger partial charge in [0.05, 0.1) is 6.20 Å². The molecule has 0 spiro atoms. The van der Waals surface area contributed by atoms with E-state index in [0.29, 0.717) is 5.13 Å². The van der Waals surface area contributed by atoms with Crippen LogP contribution in [0.25, 0.3) is 0 Å². The summed E-state index contributed by atoms with van der Waals surface area (Å²) >= 11 is 2.99. The molecule has 0 aliphatic heterocycles. The molecule has 124 valence electrons. The Kier molecular flexibility index (Phi) is 4.96. The minimum atomic E-state index is -3.67. The van der Waals surface area contributed by atoms with Crippen molar-refractivity contribution in [1.29, 1.82) is 0 Å². The summed E-state index contributed by atoms with van der Waals surface area (Å²) in [5.74, 6) is 0. The number of hydrogen-bond donors (Lipinski definition) is 2. The van der Waals surface area contributed by atoms with Crippen LogP contribution in [0.2, 0.25) is 0 Å². The molecule has 3 rings (SSSR count). The van der Waals surface area contributed by atoms with E-state index >= 15 is 0 Å². The highest BCUT2D eigenvalue weighted by atomic mass is 32.2. The molecule has 0 amide bonds. The number of nitrogens with two attached hydrogens (primary N) is 1. The molecule has 1 aliphatic carbocycles. The lowest BCUT2D eigenvalue weighted by Crippen LogP contribution is -2.30. The van der Waals surface area contributed by atoms with Crippen molar-refractivity contribution in [3.63, 3.8) is 0 Å². The molecule has 0 saturated heterocycles. The van der Waals surface area contributed by atoms with Crippen molar-refractivity contribution in [2.24, 2.45) is 5.14 Å². The third-order valence-corrected chi connectivity index (χ3v) is 7.78. The maximum atomic E-state index is 11.3. The molecule has 1 saturated carbocycles. The fraction of sp³-hybridized carbons (Fsp3) is 0.400. The van der Waals surface area contributed by atoms with Gasteiger partial charge in [-0.1, -0.05) is 42.4 Å². The molecule has 1 aliphatic rings. The van der Waals surface area contributed by atoms with Gasteiger partial charge in [0, 0.05) is 16.2 Å². The minimum absolute atomic E-state index is 0.0937. The van der Waals surface area contributed by atoms with Crippen LogP contribution in [-0.4, -0.2) is 24.7 Å². The number of rotatable bonds is 6. The van der Waals surface area contributed by atoms with Gasteiger partial charge in [0.2, 0.25) is 10.0 Å². The second-order valence-corrected chi connectivity index (χ2v) is 10.0. The maximum absolute atomic E-state index is 11.3. The minimum Gasteiger partial charge on any atom is -0.360 e. The van der Waals surface area contributed by atoms with E-state index in [9.17, 15) is 8.42 Å². The van der Waals surface area contributed by atoms with Crippen molar-refractivity contribution in [1.82, 2.24) is 4.98 Å². The predicted molar refractivity (Wildman–Crippen MR) is 95.5 cm³/mol. The van der Waals surface area contributed by atoms with E-state index in [2.05, 4.69) is 34.6 Å². The van der Waals surface area contributed by atoms with Crippen LogP contribution < -0.4 is 10.5 Å². The number of thioether (sulfide) groups is 1. The van der Waals surface area contributed by atoms with Gasteiger partial charge in [-0.25, -0.2) is 18.5 Å². The van der Waals surface area contributed by atoms with E-state index in [0.717, 1.165) is 30.7 Å². The van der Waals surface area contributed by atoms with E-state index in [-0.39, 0.29) is 8.96 Å². The number of sulfonamides is 1. The largest absolute Gasteiger partial charge is 0.360 e. The molecule has 1 fully saturated rings. The van der Waals surface area contributed by atoms with Gasteiger partial charge < -0.3 is 5.32 Å². The molecule has 1 aromatic carbocycles. The van der Waals surface area contributed by atoms with E-state index < -0.39 is 10.0 Å². The Morgan fingerprint density at radius 2 is 1.96 bits per heavy atom. The summed E-state index contributed by atoms with van der Waals surface area (Å²) in [5, 5.41) is 9.04. The number of primary sulfonamides is 1. The highest BCUT2D eigenvalue weighted by Crippen LogP contribution is 2.45. The number of aromatic nitrogens is 1. The number of nitrogens with one attached hydrogen (secondary N) is 1. The van der Waals surface area contributed by atoms with Crippen LogP contribution in [0.3, 0.4) is 0 Å². The molecule has 2 aromatic rings. The average Bonchev–Trinajstić information content (AvgIpc) is 3.15. The van der Waals surface area contributed by atoms with Gasteiger partial charge in [0.25, 0.3) is 0 Å². The third kappa shape index (κ3) is 4.26. The highest BCUT2D eigenvalue weighted by molar-refractivity contribution is 8.00. The Bertz CT molecular complexity index is 753. The van der Waals surface area contributed by atoms with Gasteiger partial charge in [-0.15, -0.1) is 11.8 Å². The summed E-state index contributed by atoms with van der Waals surface area (Å²) in [6.45, 7) is 0.768. The molecular formula is C15H19N3O2S3. The first-order chi connectivity index (χ1) is 11.0. The highest BCUT2D eigenvalue weighted by Gasteiger charge is 2.35. The monoisotopic (exact) mass is 369 g/mol. The van der Waals surface area contributed by atoms with E-state index in [4.69, 9.17) is 5.14 Å². The van der Waals surface area contributed by atoms with Gasteiger partial charge >= 0.3 is 0 Å². The summed E-state index contributed by atoms with van der Waals surface area (Å²) < 4.78 is 22.9. The number of thiazole rings is 1. The van der Waals surface area contributed by atoms with Gasteiger partial charge in [-0.3, -0.25) is 0 Å². The summed E-state index contributed by atoms with van der Waals surface area (Å²) in [7, 11) is -3.67. The lowest BCUT2D eigenvalue weighted by molar-refractivity contribution is 0.599. The van der Waals surface area contributed by atoms with E-state index in [1.54, 1.807) is 0 Å². The molecule has 3 N–H and O–H groups in total. The second-order valence-electron chi connectivity index (χ2n) is 5.69. The van der Waals surface area contributed by atoms with Crippen LogP contribution >= 0.6 is 23.1 Å². The number of hydrogen-bond acceptors (Lipinski definition) is 6. The van der Waals surface area contributed by atoms with Gasteiger partial charge in [0.1, 0.15) is 0 Å². The summed E-state index contributed by atoms with van der Waals surface area (Å²) in [5.41, 5.74) is 0. The second kappa shape index (κ2) is 6.80. The number of anilines is 1. The zero-order valence-corrected chi connectivity index (χ0v) is 15.0. The van der Waals surface area contributed by atoms with Crippen molar-refractivity contribution in [3.8, 4) is 0 Å². The van der Waals surface area contributed by atoms with Crippen LogP contribution in [0, 0.1) is 0 Å². The maximum Gasteiger partial charge on any atom is 0.249 e. The molecule has 0 atom stereocenters. The van der Waals surface area contributed by atoms with Gasteiger partial charge in [0.15, 0.2) is 9.34 Å². The normalized spacial score (nSPS) is 17.3. The molecule has 0 unspecified atom stereocenters. The smallest absolute Gasteiger partial charge is 0.249 e. The van der Waals surface area contributed by atoms with Crippen LogP contribution in [0.5, 0.6) is 0 Å². The van der Waals surface area contributed by atoms with Crippen molar-refractivity contribution < 1.29 is 8.42 Å². The lowest BCUT2D eigenvalue weighted by Gasteiger charge is -2.28. The summed E-state index contributed by atoms with van der Waals surface area (Å²) in [6.07, 6.45) is 6.05. The van der Waals surface area contributed by atoms with Gasteiger partial charge in [-0.05, 0) is 25.0 Å². The Balaban J connectivity index is 1.69.